The molecule has 0 fully saturated rings. The van der Waals surface area contributed by atoms with Gasteiger partial charge in [-0.1, -0.05) is 23.7 Å². The van der Waals surface area contributed by atoms with Crippen LogP contribution in [0.15, 0.2) is 35.7 Å². The van der Waals surface area contributed by atoms with Crippen molar-refractivity contribution in [2.75, 3.05) is 12.8 Å². The Morgan fingerprint density at radius 3 is 2.86 bits per heavy atom. The fourth-order valence-corrected chi connectivity index (χ4v) is 3.95. The van der Waals surface area contributed by atoms with Gasteiger partial charge in [-0.25, -0.2) is 0 Å². The van der Waals surface area contributed by atoms with E-state index >= 15 is 0 Å². The molecule has 0 spiro atoms. The van der Waals surface area contributed by atoms with Crippen LogP contribution >= 0.6 is 34.7 Å². The van der Waals surface area contributed by atoms with Crippen molar-refractivity contribution >= 4 is 40.6 Å². The smallest absolute Gasteiger partial charge is 0.232 e. The van der Waals surface area contributed by atoms with E-state index in [1.807, 2.05) is 31.3 Å². The van der Waals surface area contributed by atoms with Crippen LogP contribution in [0.2, 0.25) is 5.02 Å². The second-order valence-electron chi connectivity index (χ2n) is 4.90. The van der Waals surface area contributed by atoms with Gasteiger partial charge in [-0.3, -0.25) is 4.79 Å². The van der Waals surface area contributed by atoms with Gasteiger partial charge in [-0.05, 0) is 41.6 Å². The van der Waals surface area contributed by atoms with Crippen molar-refractivity contribution in [3.8, 4) is 0 Å². The highest BCUT2D eigenvalue weighted by atomic mass is 35.5. The molecule has 0 aliphatic carbocycles. The lowest BCUT2D eigenvalue weighted by Gasteiger charge is -2.16. The Balaban J connectivity index is 1.77. The van der Waals surface area contributed by atoms with Crippen LogP contribution in [-0.4, -0.2) is 23.6 Å². The van der Waals surface area contributed by atoms with Gasteiger partial charge in [0.05, 0.1) is 12.3 Å². The number of benzene rings is 1. The molecular weight excluding hydrogens is 322 g/mol. The van der Waals surface area contributed by atoms with Gasteiger partial charge in [-0.2, -0.15) is 0 Å². The van der Waals surface area contributed by atoms with Crippen molar-refractivity contribution in [2.24, 2.45) is 0 Å². The van der Waals surface area contributed by atoms with Crippen molar-refractivity contribution in [3.05, 3.63) is 56.7 Å². The largest absolute Gasteiger partial charge is 0.340 e. The third-order valence-corrected chi connectivity index (χ3v) is 5.39. The van der Waals surface area contributed by atoms with Crippen LogP contribution in [0.25, 0.3) is 0 Å². The Hall–Kier alpha value is -0.970. The molecule has 2 rings (SSSR count). The molecule has 1 aromatic heterocycles. The van der Waals surface area contributed by atoms with Crippen LogP contribution in [0.3, 0.4) is 0 Å². The van der Waals surface area contributed by atoms with Gasteiger partial charge >= 0.3 is 0 Å². The summed E-state index contributed by atoms with van der Waals surface area (Å²) in [7, 11) is 1.86. The standard InChI is InChI=1S/C16H18ClNOS2/c1-12-6-7-21-15(12)9-18(2)16(19)11-20-10-13-4-3-5-14(17)8-13/h3-8H,9-11H2,1-2H3. The van der Waals surface area contributed by atoms with Gasteiger partial charge < -0.3 is 4.90 Å². The van der Waals surface area contributed by atoms with Crippen molar-refractivity contribution in [2.45, 2.75) is 19.2 Å². The molecule has 21 heavy (non-hydrogen) atoms. The zero-order chi connectivity index (χ0) is 15.2. The molecule has 112 valence electrons. The van der Waals surface area contributed by atoms with Crippen molar-refractivity contribution in [3.63, 3.8) is 0 Å². The molecule has 1 amide bonds. The number of halogens is 1. The molecule has 0 saturated carbocycles. The number of thioether (sulfide) groups is 1. The molecule has 1 heterocycles. The second-order valence-corrected chi connectivity index (χ2v) is 7.32. The van der Waals surface area contributed by atoms with Gasteiger partial charge in [0, 0.05) is 22.7 Å². The predicted molar refractivity (Wildman–Crippen MR) is 93.1 cm³/mol. The van der Waals surface area contributed by atoms with E-state index in [1.165, 1.54) is 10.4 Å². The maximum atomic E-state index is 12.1. The number of carbonyl (C=O) groups excluding carboxylic acids is 1. The predicted octanol–water partition coefficient (Wildman–Crippen LogP) is 4.60. The molecule has 2 aromatic rings. The zero-order valence-electron chi connectivity index (χ0n) is 12.1. The van der Waals surface area contributed by atoms with Crippen LogP contribution in [-0.2, 0) is 17.1 Å². The van der Waals surface area contributed by atoms with E-state index < -0.39 is 0 Å². The minimum atomic E-state index is 0.162. The number of rotatable bonds is 6. The summed E-state index contributed by atoms with van der Waals surface area (Å²) >= 11 is 9.27. The van der Waals surface area contributed by atoms with Crippen LogP contribution < -0.4 is 0 Å². The normalized spacial score (nSPS) is 10.6. The highest BCUT2D eigenvalue weighted by molar-refractivity contribution is 7.99. The number of nitrogens with zero attached hydrogens (tertiary/aromatic N) is 1. The first kappa shape index (κ1) is 16.4. The number of aryl methyl sites for hydroxylation is 1. The SMILES string of the molecule is Cc1ccsc1CN(C)C(=O)CSCc1cccc(Cl)c1. The minimum Gasteiger partial charge on any atom is -0.340 e. The van der Waals surface area contributed by atoms with Crippen molar-refractivity contribution in [1.29, 1.82) is 0 Å². The first-order valence-corrected chi connectivity index (χ1v) is 9.06. The molecule has 0 N–H and O–H groups in total. The number of hydrogen-bond acceptors (Lipinski definition) is 3. The third-order valence-electron chi connectivity index (χ3n) is 3.16. The average Bonchev–Trinajstić information content (AvgIpc) is 2.84. The summed E-state index contributed by atoms with van der Waals surface area (Å²) in [5.74, 6) is 1.46. The lowest BCUT2D eigenvalue weighted by Crippen LogP contribution is -2.27. The molecule has 5 heteroatoms. The number of carbonyl (C=O) groups is 1. The molecule has 0 unspecified atom stereocenters. The Bertz CT molecular complexity index is 612. The molecular formula is C16H18ClNOS2. The molecule has 0 radical (unpaired) electrons. The van der Waals surface area contributed by atoms with E-state index in [0.29, 0.717) is 12.3 Å². The van der Waals surface area contributed by atoms with Gasteiger partial charge in [-0.15, -0.1) is 23.1 Å². The summed E-state index contributed by atoms with van der Waals surface area (Å²) in [6, 6.07) is 9.86. The summed E-state index contributed by atoms with van der Waals surface area (Å²) in [4.78, 5) is 15.2. The molecule has 0 atom stereocenters. The summed E-state index contributed by atoms with van der Waals surface area (Å²) < 4.78 is 0. The van der Waals surface area contributed by atoms with E-state index in [0.717, 1.165) is 16.3 Å². The molecule has 0 saturated heterocycles. The van der Waals surface area contributed by atoms with E-state index in [2.05, 4.69) is 18.4 Å². The van der Waals surface area contributed by atoms with E-state index in [1.54, 1.807) is 28.0 Å². The average molecular weight is 340 g/mol. The highest BCUT2D eigenvalue weighted by Crippen LogP contribution is 2.19. The fraction of sp³-hybridized carbons (Fsp3) is 0.312. The number of amides is 1. The maximum Gasteiger partial charge on any atom is 0.232 e. The summed E-state index contributed by atoms with van der Waals surface area (Å²) in [5.41, 5.74) is 2.41. The fourth-order valence-electron chi connectivity index (χ4n) is 1.86. The zero-order valence-corrected chi connectivity index (χ0v) is 14.5. The lowest BCUT2D eigenvalue weighted by molar-refractivity contribution is -0.127. The Kier molecular flexibility index (Phi) is 6.15. The molecule has 1 aromatic carbocycles. The number of hydrogen-bond donors (Lipinski definition) is 0. The van der Waals surface area contributed by atoms with Gasteiger partial charge in [0.25, 0.3) is 0 Å². The Morgan fingerprint density at radius 1 is 1.38 bits per heavy atom. The summed E-state index contributed by atoms with van der Waals surface area (Å²) in [5, 5.41) is 2.81. The van der Waals surface area contributed by atoms with Crippen LogP contribution in [0.5, 0.6) is 0 Å². The number of thiophene rings is 1. The quantitative estimate of drug-likeness (QED) is 0.766. The van der Waals surface area contributed by atoms with Crippen LogP contribution in [0.1, 0.15) is 16.0 Å². The van der Waals surface area contributed by atoms with Gasteiger partial charge in [0.15, 0.2) is 0 Å². The summed E-state index contributed by atoms with van der Waals surface area (Å²) in [6.07, 6.45) is 0. The molecule has 0 aliphatic heterocycles. The first-order chi connectivity index (χ1) is 10.1. The summed E-state index contributed by atoms with van der Waals surface area (Å²) in [6.45, 7) is 2.78. The molecule has 0 bridgehead atoms. The molecule has 2 nitrogen and oxygen atoms in total. The molecule has 0 aliphatic rings. The van der Waals surface area contributed by atoms with E-state index in [9.17, 15) is 4.79 Å². The minimum absolute atomic E-state index is 0.162. The van der Waals surface area contributed by atoms with Gasteiger partial charge in [0.1, 0.15) is 0 Å². The van der Waals surface area contributed by atoms with Gasteiger partial charge in [0.2, 0.25) is 5.91 Å². The van der Waals surface area contributed by atoms with Crippen LogP contribution in [0.4, 0.5) is 0 Å². The van der Waals surface area contributed by atoms with Crippen molar-refractivity contribution < 1.29 is 4.79 Å². The second kappa shape index (κ2) is 7.87. The van der Waals surface area contributed by atoms with E-state index in [-0.39, 0.29) is 5.91 Å². The maximum absolute atomic E-state index is 12.1. The lowest BCUT2D eigenvalue weighted by atomic mass is 10.2. The first-order valence-electron chi connectivity index (χ1n) is 6.65. The Labute approximate surface area is 139 Å². The van der Waals surface area contributed by atoms with Crippen molar-refractivity contribution in [1.82, 2.24) is 4.90 Å². The third kappa shape index (κ3) is 5.06. The topological polar surface area (TPSA) is 20.3 Å². The highest BCUT2D eigenvalue weighted by Gasteiger charge is 2.11. The van der Waals surface area contributed by atoms with Crippen LogP contribution in [0, 0.1) is 6.92 Å². The Morgan fingerprint density at radius 2 is 2.19 bits per heavy atom. The monoisotopic (exact) mass is 339 g/mol. The van der Waals surface area contributed by atoms with E-state index in [4.69, 9.17) is 11.6 Å².